The minimum atomic E-state index is 0.546. The van der Waals surface area contributed by atoms with Gasteiger partial charge in [-0.05, 0) is 24.6 Å². The third-order valence-electron chi connectivity index (χ3n) is 2.94. The first-order valence-electron chi connectivity index (χ1n) is 5.89. The molecule has 0 aliphatic heterocycles. The van der Waals surface area contributed by atoms with Gasteiger partial charge in [0.1, 0.15) is 11.4 Å². The predicted molar refractivity (Wildman–Crippen MR) is 70.2 cm³/mol. The predicted octanol–water partition coefficient (Wildman–Crippen LogP) is 1.87. The summed E-state index contributed by atoms with van der Waals surface area (Å²) in [5, 5.41) is 11.9. The molecule has 0 unspecified atom stereocenters. The van der Waals surface area contributed by atoms with Crippen molar-refractivity contribution in [1.82, 2.24) is 20.1 Å². The van der Waals surface area contributed by atoms with Gasteiger partial charge in [0.05, 0.1) is 12.7 Å². The Morgan fingerprint density at radius 1 is 1.16 bits per heavy atom. The molecule has 6 nitrogen and oxygen atoms in total. The van der Waals surface area contributed by atoms with Crippen molar-refractivity contribution in [3.8, 4) is 11.1 Å². The van der Waals surface area contributed by atoms with E-state index in [1.165, 1.54) is 0 Å². The third-order valence-corrected chi connectivity index (χ3v) is 2.94. The van der Waals surface area contributed by atoms with E-state index in [4.69, 9.17) is 5.73 Å². The highest BCUT2D eigenvalue weighted by Gasteiger charge is 2.07. The first kappa shape index (κ1) is 11.5. The monoisotopic (exact) mass is 255 g/mol. The topological polar surface area (TPSA) is 82.8 Å². The van der Waals surface area contributed by atoms with Gasteiger partial charge in [0.25, 0.3) is 0 Å². The Balaban J connectivity index is 1.83. The summed E-state index contributed by atoms with van der Waals surface area (Å²) in [5.41, 5.74) is 10.1. The lowest BCUT2D eigenvalue weighted by atomic mass is 10.1. The highest BCUT2D eigenvalue weighted by molar-refractivity contribution is 5.63. The molecule has 0 amide bonds. The lowest BCUT2D eigenvalue weighted by Crippen LogP contribution is -2.01. The van der Waals surface area contributed by atoms with E-state index in [9.17, 15) is 0 Å². The quantitative estimate of drug-likeness (QED) is 0.722. The molecular formula is C13H13N5O. The summed E-state index contributed by atoms with van der Waals surface area (Å²) in [6.07, 6.45) is 3.77. The van der Waals surface area contributed by atoms with Gasteiger partial charge in [-0.25, -0.2) is 4.63 Å². The van der Waals surface area contributed by atoms with E-state index in [0.29, 0.717) is 6.54 Å². The molecular weight excluding hydrogens is 242 g/mol. The molecule has 0 aliphatic carbocycles. The molecule has 0 fully saturated rings. The van der Waals surface area contributed by atoms with Crippen molar-refractivity contribution in [3.05, 3.63) is 48.0 Å². The Morgan fingerprint density at radius 3 is 2.63 bits per heavy atom. The van der Waals surface area contributed by atoms with E-state index in [0.717, 1.165) is 28.2 Å². The third kappa shape index (κ3) is 2.33. The van der Waals surface area contributed by atoms with Crippen LogP contribution in [0.3, 0.4) is 0 Å². The van der Waals surface area contributed by atoms with Crippen LogP contribution in [-0.2, 0) is 6.54 Å². The number of nitrogen functional groups attached to an aromatic ring is 1. The maximum Gasteiger partial charge on any atom is 0.129 e. The number of benzene rings is 1. The number of hydrogen-bond donors (Lipinski definition) is 1. The number of nitrogens with zero attached hydrogens (tertiary/aromatic N) is 4. The van der Waals surface area contributed by atoms with Gasteiger partial charge in [-0.15, -0.1) is 0 Å². The number of rotatable bonds is 3. The van der Waals surface area contributed by atoms with Gasteiger partial charge in [-0.3, -0.25) is 4.68 Å². The molecule has 96 valence electrons. The van der Waals surface area contributed by atoms with Crippen LogP contribution in [0.5, 0.6) is 0 Å². The summed E-state index contributed by atoms with van der Waals surface area (Å²) in [6.45, 7) is 2.40. The van der Waals surface area contributed by atoms with Gasteiger partial charge in [0, 0.05) is 17.4 Å². The normalized spacial score (nSPS) is 10.8. The fourth-order valence-corrected chi connectivity index (χ4v) is 1.82. The molecule has 19 heavy (non-hydrogen) atoms. The Kier molecular flexibility index (Phi) is 2.75. The molecule has 0 aliphatic rings. The van der Waals surface area contributed by atoms with E-state index < -0.39 is 0 Å². The van der Waals surface area contributed by atoms with Crippen molar-refractivity contribution in [1.29, 1.82) is 0 Å². The average Bonchev–Trinajstić information content (AvgIpc) is 3.01. The number of hydrogen-bond acceptors (Lipinski definition) is 5. The molecule has 0 spiro atoms. The number of aryl methyl sites for hydroxylation is 1. The van der Waals surface area contributed by atoms with Crippen LogP contribution in [0.4, 0.5) is 5.69 Å². The van der Waals surface area contributed by atoms with Crippen LogP contribution in [0.25, 0.3) is 11.1 Å². The fraction of sp³-hybridized carbons (Fsp3) is 0.154. The number of anilines is 1. The summed E-state index contributed by atoms with van der Waals surface area (Å²) in [7, 11) is 0. The van der Waals surface area contributed by atoms with E-state index >= 15 is 0 Å². The van der Waals surface area contributed by atoms with Gasteiger partial charge in [-0.2, -0.15) is 5.10 Å². The van der Waals surface area contributed by atoms with Crippen molar-refractivity contribution in [2.45, 2.75) is 13.5 Å². The molecule has 0 saturated heterocycles. The second-order valence-corrected chi connectivity index (χ2v) is 4.34. The maximum absolute atomic E-state index is 5.67. The minimum Gasteiger partial charge on any atom is -0.399 e. The molecule has 3 rings (SSSR count). The van der Waals surface area contributed by atoms with Gasteiger partial charge in [0.15, 0.2) is 0 Å². The SMILES string of the molecule is Cc1nonc1Cn1cc(-c2ccc(N)cc2)cn1. The van der Waals surface area contributed by atoms with Crippen LogP contribution in [0.15, 0.2) is 41.3 Å². The second-order valence-electron chi connectivity index (χ2n) is 4.34. The van der Waals surface area contributed by atoms with Crippen LogP contribution in [0, 0.1) is 6.92 Å². The van der Waals surface area contributed by atoms with Crippen LogP contribution >= 0.6 is 0 Å². The standard InChI is InChI=1S/C13H13N5O/c1-9-13(17-19-16-9)8-18-7-11(6-15-18)10-2-4-12(14)5-3-10/h2-7H,8,14H2,1H3. The smallest absolute Gasteiger partial charge is 0.129 e. The van der Waals surface area contributed by atoms with Crippen molar-refractivity contribution >= 4 is 5.69 Å². The molecule has 1 aromatic carbocycles. The molecule has 0 atom stereocenters. The Hall–Kier alpha value is -2.63. The maximum atomic E-state index is 5.67. The van der Waals surface area contributed by atoms with Gasteiger partial charge < -0.3 is 5.73 Å². The Bertz CT molecular complexity index is 683. The van der Waals surface area contributed by atoms with Gasteiger partial charge in [0.2, 0.25) is 0 Å². The lowest BCUT2D eigenvalue weighted by molar-refractivity contribution is 0.300. The molecule has 6 heteroatoms. The molecule has 0 bridgehead atoms. The van der Waals surface area contributed by atoms with Crippen molar-refractivity contribution in [2.24, 2.45) is 0 Å². The zero-order valence-corrected chi connectivity index (χ0v) is 10.4. The fourth-order valence-electron chi connectivity index (χ4n) is 1.82. The highest BCUT2D eigenvalue weighted by Crippen LogP contribution is 2.20. The lowest BCUT2D eigenvalue weighted by Gasteiger charge is -1.98. The number of nitrogens with two attached hydrogens (primary N) is 1. The zero-order chi connectivity index (χ0) is 13.2. The van der Waals surface area contributed by atoms with E-state index in [2.05, 4.69) is 20.0 Å². The van der Waals surface area contributed by atoms with Crippen LogP contribution in [-0.4, -0.2) is 20.1 Å². The molecule has 2 aromatic heterocycles. The Morgan fingerprint density at radius 2 is 1.95 bits per heavy atom. The number of aromatic nitrogens is 4. The summed E-state index contributed by atoms with van der Waals surface area (Å²) >= 11 is 0. The van der Waals surface area contributed by atoms with Crippen LogP contribution < -0.4 is 5.73 Å². The van der Waals surface area contributed by atoms with Gasteiger partial charge >= 0.3 is 0 Å². The first-order chi connectivity index (χ1) is 9.22. The molecule has 3 aromatic rings. The average molecular weight is 255 g/mol. The van der Waals surface area contributed by atoms with E-state index in [1.54, 1.807) is 4.68 Å². The van der Waals surface area contributed by atoms with E-state index in [-0.39, 0.29) is 0 Å². The second kappa shape index (κ2) is 4.56. The van der Waals surface area contributed by atoms with Crippen molar-refractivity contribution < 1.29 is 4.63 Å². The zero-order valence-electron chi connectivity index (χ0n) is 10.4. The molecule has 0 saturated carbocycles. The summed E-state index contributed by atoms with van der Waals surface area (Å²) in [6, 6.07) is 7.69. The van der Waals surface area contributed by atoms with Gasteiger partial charge in [-0.1, -0.05) is 22.4 Å². The van der Waals surface area contributed by atoms with Crippen LogP contribution in [0.2, 0.25) is 0 Å². The molecule has 2 N–H and O–H groups in total. The molecule has 2 heterocycles. The molecule has 0 radical (unpaired) electrons. The largest absolute Gasteiger partial charge is 0.399 e. The minimum absolute atomic E-state index is 0.546. The van der Waals surface area contributed by atoms with Crippen LogP contribution in [0.1, 0.15) is 11.4 Å². The van der Waals surface area contributed by atoms with E-state index in [1.807, 2.05) is 43.6 Å². The highest BCUT2D eigenvalue weighted by atomic mass is 16.6. The summed E-state index contributed by atoms with van der Waals surface area (Å²) < 4.78 is 6.47. The summed E-state index contributed by atoms with van der Waals surface area (Å²) in [4.78, 5) is 0. The summed E-state index contributed by atoms with van der Waals surface area (Å²) in [5.74, 6) is 0. The first-order valence-corrected chi connectivity index (χ1v) is 5.89. The van der Waals surface area contributed by atoms with Crippen molar-refractivity contribution in [2.75, 3.05) is 5.73 Å². The van der Waals surface area contributed by atoms with Crippen molar-refractivity contribution in [3.63, 3.8) is 0 Å². The Labute approximate surface area is 109 Å².